The second-order valence-electron chi connectivity index (χ2n) is 5.95. The molecule has 1 saturated heterocycles. The maximum absolute atomic E-state index is 12.3. The fraction of sp³-hybridized carbons (Fsp3) is 0.611. The lowest BCUT2D eigenvalue weighted by Gasteiger charge is -2.26. The number of hydrogen-bond donors (Lipinski definition) is 0. The van der Waals surface area contributed by atoms with Crippen LogP contribution in [0.1, 0.15) is 31.2 Å². The first-order valence-electron chi connectivity index (χ1n) is 8.35. The molecule has 1 aromatic rings. The number of carbonyl (C=O) groups excluding carboxylic acids is 1. The normalized spacial score (nSPS) is 17.3. The van der Waals surface area contributed by atoms with E-state index in [1.807, 2.05) is 30.9 Å². The number of hydrogen-bond acceptors (Lipinski definition) is 6. The molecule has 1 unspecified atom stereocenters. The van der Waals surface area contributed by atoms with Crippen LogP contribution in [0.25, 0.3) is 0 Å². The summed E-state index contributed by atoms with van der Waals surface area (Å²) in [5, 5.41) is -0.0960. The van der Waals surface area contributed by atoms with Gasteiger partial charge in [0.1, 0.15) is 5.37 Å². The lowest BCUT2D eigenvalue weighted by Crippen LogP contribution is -2.30. The van der Waals surface area contributed by atoms with Crippen molar-refractivity contribution < 1.29 is 23.7 Å². The highest BCUT2D eigenvalue weighted by atomic mass is 32.2. The molecule has 0 bridgehead atoms. The molecule has 1 atom stereocenters. The summed E-state index contributed by atoms with van der Waals surface area (Å²) in [6.45, 7) is 5.31. The Hall–Kier alpha value is -1.60. The minimum atomic E-state index is -0.0960. The highest BCUT2D eigenvalue weighted by Crippen LogP contribution is 2.48. The molecule has 1 fully saturated rings. The van der Waals surface area contributed by atoms with Crippen LogP contribution in [-0.2, 0) is 9.53 Å². The summed E-state index contributed by atoms with van der Waals surface area (Å²) < 4.78 is 22.0. The van der Waals surface area contributed by atoms with Gasteiger partial charge in [-0.05, 0) is 32.4 Å². The smallest absolute Gasteiger partial charge is 0.233 e. The third-order valence-electron chi connectivity index (χ3n) is 3.96. The number of benzene rings is 1. The van der Waals surface area contributed by atoms with Gasteiger partial charge < -0.3 is 23.8 Å². The van der Waals surface area contributed by atoms with Gasteiger partial charge in [0.05, 0.1) is 33.2 Å². The van der Waals surface area contributed by atoms with E-state index in [4.69, 9.17) is 18.9 Å². The Balaban J connectivity index is 2.22. The molecule has 0 radical (unpaired) electrons. The standard InChI is InChI=1S/C18H27NO5S/c1-12(2)24-10-6-9-19-15(20)11-25-18(19)13-7-8-14(21-3)17(23-5)16(13)22-4/h7-8,12,18H,6,9-11H2,1-5H3. The van der Waals surface area contributed by atoms with Gasteiger partial charge in [-0.3, -0.25) is 4.79 Å². The fourth-order valence-electron chi connectivity index (χ4n) is 2.83. The summed E-state index contributed by atoms with van der Waals surface area (Å²) in [6, 6.07) is 3.79. The first kappa shape index (κ1) is 19.7. The maximum atomic E-state index is 12.3. The van der Waals surface area contributed by atoms with Crippen molar-refractivity contribution in [1.82, 2.24) is 4.90 Å². The molecule has 0 N–H and O–H groups in total. The van der Waals surface area contributed by atoms with Crippen LogP contribution >= 0.6 is 11.8 Å². The lowest BCUT2D eigenvalue weighted by molar-refractivity contribution is -0.128. The Morgan fingerprint density at radius 1 is 1.16 bits per heavy atom. The topological polar surface area (TPSA) is 57.2 Å². The van der Waals surface area contributed by atoms with Crippen LogP contribution in [-0.4, -0.2) is 57.1 Å². The summed E-state index contributed by atoms with van der Waals surface area (Å²) in [5.74, 6) is 2.36. The van der Waals surface area contributed by atoms with E-state index < -0.39 is 0 Å². The average Bonchev–Trinajstić information content (AvgIpc) is 2.97. The highest BCUT2D eigenvalue weighted by Gasteiger charge is 2.35. The van der Waals surface area contributed by atoms with E-state index >= 15 is 0 Å². The van der Waals surface area contributed by atoms with Gasteiger partial charge in [0.15, 0.2) is 11.5 Å². The second kappa shape index (κ2) is 9.20. The van der Waals surface area contributed by atoms with E-state index in [1.54, 1.807) is 33.1 Å². The fourth-order valence-corrected chi connectivity index (χ4v) is 4.06. The molecule has 1 aliphatic rings. The summed E-state index contributed by atoms with van der Waals surface area (Å²) >= 11 is 1.60. The monoisotopic (exact) mass is 369 g/mol. The van der Waals surface area contributed by atoms with Gasteiger partial charge in [-0.15, -0.1) is 11.8 Å². The average molecular weight is 369 g/mol. The van der Waals surface area contributed by atoms with Crippen molar-refractivity contribution in [3.63, 3.8) is 0 Å². The molecular weight excluding hydrogens is 342 g/mol. The Kier molecular flexibility index (Phi) is 7.25. The molecule has 1 aliphatic heterocycles. The minimum absolute atomic E-state index is 0.0960. The van der Waals surface area contributed by atoms with Gasteiger partial charge in [0.25, 0.3) is 0 Å². The molecule has 0 spiro atoms. The summed E-state index contributed by atoms with van der Waals surface area (Å²) in [5.41, 5.74) is 0.917. The van der Waals surface area contributed by atoms with Gasteiger partial charge in [0.2, 0.25) is 11.7 Å². The van der Waals surface area contributed by atoms with Crippen LogP contribution in [0.4, 0.5) is 0 Å². The van der Waals surface area contributed by atoms with Gasteiger partial charge in [0, 0.05) is 18.7 Å². The Morgan fingerprint density at radius 2 is 1.88 bits per heavy atom. The van der Waals surface area contributed by atoms with E-state index in [1.165, 1.54) is 0 Å². The van der Waals surface area contributed by atoms with E-state index in [0.717, 1.165) is 12.0 Å². The molecule has 1 aromatic carbocycles. The van der Waals surface area contributed by atoms with Gasteiger partial charge in [-0.1, -0.05) is 0 Å². The number of carbonyl (C=O) groups is 1. The molecule has 25 heavy (non-hydrogen) atoms. The van der Waals surface area contributed by atoms with Crippen LogP contribution in [0.15, 0.2) is 12.1 Å². The van der Waals surface area contributed by atoms with Gasteiger partial charge >= 0.3 is 0 Å². The molecule has 1 amide bonds. The number of rotatable bonds is 9. The highest BCUT2D eigenvalue weighted by molar-refractivity contribution is 8.00. The van der Waals surface area contributed by atoms with Crippen molar-refractivity contribution in [2.45, 2.75) is 31.7 Å². The van der Waals surface area contributed by atoms with Crippen molar-refractivity contribution in [2.24, 2.45) is 0 Å². The largest absolute Gasteiger partial charge is 0.493 e. The lowest BCUT2D eigenvalue weighted by atomic mass is 10.1. The van der Waals surface area contributed by atoms with Crippen LogP contribution < -0.4 is 14.2 Å². The maximum Gasteiger partial charge on any atom is 0.233 e. The van der Waals surface area contributed by atoms with Crippen LogP contribution in [0.2, 0.25) is 0 Å². The zero-order valence-corrected chi connectivity index (χ0v) is 16.4. The number of ether oxygens (including phenoxy) is 4. The van der Waals surface area contributed by atoms with Crippen molar-refractivity contribution in [2.75, 3.05) is 40.2 Å². The van der Waals surface area contributed by atoms with Crippen molar-refractivity contribution >= 4 is 17.7 Å². The first-order chi connectivity index (χ1) is 12.0. The number of thioether (sulfide) groups is 1. The molecule has 0 aromatic heterocycles. The van der Waals surface area contributed by atoms with Crippen LogP contribution in [0.5, 0.6) is 17.2 Å². The molecule has 1 heterocycles. The Bertz CT molecular complexity index is 593. The predicted molar refractivity (Wildman–Crippen MR) is 98.7 cm³/mol. The molecule has 0 saturated carbocycles. The van der Waals surface area contributed by atoms with Crippen molar-refractivity contribution in [3.05, 3.63) is 17.7 Å². The first-order valence-corrected chi connectivity index (χ1v) is 9.39. The molecule has 0 aliphatic carbocycles. The zero-order valence-electron chi connectivity index (χ0n) is 15.5. The van der Waals surface area contributed by atoms with Crippen molar-refractivity contribution in [1.29, 1.82) is 0 Å². The number of nitrogens with zero attached hydrogens (tertiary/aromatic N) is 1. The van der Waals surface area contributed by atoms with Crippen LogP contribution in [0, 0.1) is 0 Å². The molecular formula is C18H27NO5S. The van der Waals surface area contributed by atoms with E-state index in [-0.39, 0.29) is 17.4 Å². The third-order valence-corrected chi connectivity index (χ3v) is 5.20. The van der Waals surface area contributed by atoms with Crippen LogP contribution in [0.3, 0.4) is 0 Å². The minimum Gasteiger partial charge on any atom is -0.493 e. The van der Waals surface area contributed by atoms with E-state index in [2.05, 4.69) is 0 Å². The summed E-state index contributed by atoms with van der Waals surface area (Å²) in [6.07, 6.45) is 1.00. The third kappa shape index (κ3) is 4.52. The molecule has 6 nitrogen and oxygen atoms in total. The molecule has 7 heteroatoms. The molecule has 2 rings (SSSR count). The summed E-state index contributed by atoms with van der Waals surface area (Å²) in [7, 11) is 4.77. The van der Waals surface area contributed by atoms with Gasteiger partial charge in [-0.2, -0.15) is 0 Å². The predicted octanol–water partition coefficient (Wildman–Crippen LogP) is 3.10. The number of methoxy groups -OCH3 is 3. The second-order valence-corrected chi connectivity index (χ2v) is 7.02. The summed E-state index contributed by atoms with van der Waals surface area (Å²) in [4.78, 5) is 14.2. The van der Waals surface area contributed by atoms with Crippen molar-refractivity contribution in [3.8, 4) is 17.2 Å². The Labute approximate surface area is 153 Å². The number of amides is 1. The SMILES string of the molecule is COc1ccc(C2SCC(=O)N2CCCOC(C)C)c(OC)c1OC. The quantitative estimate of drug-likeness (QED) is 0.624. The van der Waals surface area contributed by atoms with E-state index in [0.29, 0.717) is 36.2 Å². The Morgan fingerprint density at radius 3 is 2.48 bits per heavy atom. The molecule has 140 valence electrons. The zero-order chi connectivity index (χ0) is 18.4. The van der Waals surface area contributed by atoms with Gasteiger partial charge in [-0.25, -0.2) is 0 Å². The van der Waals surface area contributed by atoms with E-state index in [9.17, 15) is 4.79 Å².